The van der Waals surface area contributed by atoms with Gasteiger partial charge in [-0.25, -0.2) is 9.97 Å². The number of nitrogens with zero attached hydrogens (tertiary/aromatic N) is 4. The fraction of sp³-hybridized carbons (Fsp3) is 0.652. The molecule has 0 unspecified atom stereocenters. The second-order valence-corrected chi connectivity index (χ2v) is 37.2. The first-order valence-corrected chi connectivity index (χ1v) is 40.5. The third kappa shape index (κ3) is 12.7. The minimum absolute atomic E-state index is 0. The van der Waals surface area contributed by atoms with E-state index in [1.54, 1.807) is 0 Å². The van der Waals surface area contributed by atoms with Crippen LogP contribution in [0.5, 0.6) is 11.5 Å². The first kappa shape index (κ1) is 71.2. The predicted octanol–water partition coefficient (Wildman–Crippen LogP) is 24.8. The Bertz CT molecular complexity index is 3760. The van der Waals surface area contributed by atoms with Gasteiger partial charge in [-0.1, -0.05) is 178 Å². The molecular formula is C92H124CoN4O2. The Morgan fingerprint density at radius 3 is 1.14 bits per heavy atom. The molecule has 0 saturated heterocycles. The van der Waals surface area contributed by atoms with Gasteiger partial charge in [0.05, 0.1) is 23.6 Å². The fourth-order valence-corrected chi connectivity index (χ4v) is 26.0. The quantitative estimate of drug-likeness (QED) is 0.0960. The molecule has 0 N–H and O–H groups in total. The summed E-state index contributed by atoms with van der Waals surface area (Å²) in [6.45, 7) is 39.3. The Kier molecular flexibility index (Phi) is 19.9. The van der Waals surface area contributed by atoms with Gasteiger partial charge in [-0.2, -0.15) is 0 Å². The number of fused-ring (bicyclic) bond motifs is 18. The number of rotatable bonds is 16. The Balaban J connectivity index is 0.00000836. The number of benzene rings is 2. The zero-order valence-electron chi connectivity index (χ0n) is 64.1. The van der Waals surface area contributed by atoms with Crippen molar-refractivity contribution in [1.82, 2.24) is 19.9 Å². The van der Waals surface area contributed by atoms with Gasteiger partial charge in [-0.05, 0) is 330 Å². The molecule has 99 heavy (non-hydrogen) atoms. The van der Waals surface area contributed by atoms with Crippen LogP contribution < -0.4 is 19.4 Å². The number of aromatic nitrogens is 4. The molecule has 8 aliphatic carbocycles. The molecule has 0 spiro atoms. The van der Waals surface area contributed by atoms with E-state index in [1.165, 1.54) is 173 Å². The van der Waals surface area contributed by atoms with Gasteiger partial charge in [0.15, 0.2) is 0 Å². The van der Waals surface area contributed by atoms with Gasteiger partial charge in [0.25, 0.3) is 0 Å². The van der Waals surface area contributed by atoms with E-state index in [2.05, 4.69) is 184 Å². The standard InChI is InChI=1S/C92H124N4O2.Co/c1-53(2)19-17-21-57(7)69-27-29-71-67-25-23-63-51-65(39-43-89(63,13)73(67)41-45-91(69,71)15)97-87-79-35-31-75(93-79)85(83-59(9)47-55(5)48-60(83)10)77-33-37-81(95-77)88(82-38-34-78(96-82)86(76-32-36-80(87)94-76)84-61(11)49-56(6)50-62(84)12)98-66-40-44-90(14)64(52-66)24-26-68-72-30-28-70(58(8)22-18-20-54(3)4)92(72,16)46-42-74(68)90;/h31-38,47-50,53-54,57-58,63-74H,17-30,39-46,51-52H2,1-16H3;/q-2;+2/t57-,58-,63+,64+,65+,66+,67+,68+,69-,70-,71+,72+,73+,74+,89+,90+,91-,92-;/m1./s1. The van der Waals surface area contributed by atoms with E-state index in [4.69, 9.17) is 29.4 Å². The fourth-order valence-electron chi connectivity index (χ4n) is 26.0. The molecule has 7 heteroatoms. The van der Waals surface area contributed by atoms with Crippen molar-refractivity contribution in [3.8, 4) is 33.8 Å². The topological polar surface area (TPSA) is 72.4 Å². The van der Waals surface area contributed by atoms with Crippen LogP contribution in [0.3, 0.4) is 0 Å². The van der Waals surface area contributed by atoms with Crippen molar-refractivity contribution in [2.24, 2.45) is 105 Å². The maximum Gasteiger partial charge on any atom is 2.00 e. The Labute approximate surface area is 608 Å². The molecule has 10 aliphatic rings. The number of aryl methyl sites for hydroxylation is 6. The van der Waals surface area contributed by atoms with Crippen LogP contribution in [-0.2, 0) is 16.8 Å². The van der Waals surface area contributed by atoms with Crippen LogP contribution in [0.1, 0.15) is 279 Å². The second kappa shape index (κ2) is 27.6. The van der Waals surface area contributed by atoms with E-state index >= 15 is 0 Å². The Morgan fingerprint density at radius 2 is 0.758 bits per heavy atom. The normalized spacial score (nSPS) is 33.5. The molecule has 2 aromatic carbocycles. The third-order valence-corrected chi connectivity index (χ3v) is 30.6. The molecule has 533 valence electrons. The van der Waals surface area contributed by atoms with Crippen LogP contribution in [0.25, 0.3) is 68.6 Å². The average molecular weight is 1380 g/mol. The molecular weight excluding hydrogens is 1250 g/mol. The van der Waals surface area contributed by atoms with Crippen LogP contribution in [0.4, 0.5) is 0 Å². The van der Waals surface area contributed by atoms with Gasteiger partial charge in [0.2, 0.25) is 0 Å². The largest absolute Gasteiger partial charge is 2.00 e. The minimum atomic E-state index is 0. The zero-order chi connectivity index (χ0) is 68.5. The molecule has 8 fully saturated rings. The Hall–Kier alpha value is -4.85. The second-order valence-electron chi connectivity index (χ2n) is 37.2. The van der Waals surface area contributed by atoms with E-state index in [0.29, 0.717) is 33.5 Å². The van der Waals surface area contributed by atoms with Crippen molar-refractivity contribution in [2.75, 3.05) is 0 Å². The van der Waals surface area contributed by atoms with Gasteiger partial charge >= 0.3 is 16.8 Å². The van der Waals surface area contributed by atoms with Crippen LogP contribution >= 0.6 is 0 Å². The number of ether oxygens (including phenoxy) is 2. The van der Waals surface area contributed by atoms with Crippen LogP contribution in [0, 0.1) is 146 Å². The van der Waals surface area contributed by atoms with Crippen molar-refractivity contribution in [3.05, 3.63) is 105 Å². The average Bonchev–Trinajstić information content (AvgIpc) is 1.71. The first-order valence-electron chi connectivity index (χ1n) is 40.5. The molecule has 18 atom stereocenters. The minimum Gasteiger partial charge on any atom is -0.654 e. The number of hydrogen-bond donors (Lipinski definition) is 0. The maximum absolute atomic E-state index is 7.72. The molecule has 1 radical (unpaired) electrons. The third-order valence-electron chi connectivity index (χ3n) is 30.6. The molecule has 8 bridgehead atoms. The summed E-state index contributed by atoms with van der Waals surface area (Å²) in [6.07, 6.45) is 41.0. The van der Waals surface area contributed by atoms with Crippen molar-refractivity contribution in [2.45, 2.75) is 277 Å². The molecule has 0 amide bonds. The van der Waals surface area contributed by atoms with E-state index in [0.717, 1.165) is 164 Å². The van der Waals surface area contributed by atoms with Crippen LogP contribution in [0.2, 0.25) is 0 Å². The van der Waals surface area contributed by atoms with Gasteiger partial charge < -0.3 is 19.4 Å². The van der Waals surface area contributed by atoms with E-state index in [1.807, 2.05) is 0 Å². The van der Waals surface area contributed by atoms with E-state index < -0.39 is 0 Å². The molecule has 8 saturated carbocycles. The summed E-state index contributed by atoms with van der Waals surface area (Å²) in [6, 6.07) is 18.2. The Morgan fingerprint density at radius 1 is 0.404 bits per heavy atom. The van der Waals surface area contributed by atoms with Crippen molar-refractivity contribution >= 4 is 46.4 Å². The summed E-state index contributed by atoms with van der Waals surface area (Å²) in [7, 11) is 0. The smallest absolute Gasteiger partial charge is 0.654 e. The van der Waals surface area contributed by atoms with Gasteiger partial charge in [0, 0.05) is 0 Å². The summed E-state index contributed by atoms with van der Waals surface area (Å²) in [5.74, 6) is 13.0. The summed E-state index contributed by atoms with van der Waals surface area (Å²) < 4.78 is 15.4. The molecule has 2 aliphatic heterocycles. The van der Waals surface area contributed by atoms with Crippen molar-refractivity contribution < 1.29 is 26.3 Å². The summed E-state index contributed by atoms with van der Waals surface area (Å²) in [5, 5.41) is 0. The van der Waals surface area contributed by atoms with Gasteiger partial charge in [-0.15, -0.1) is 11.0 Å². The predicted molar refractivity (Wildman–Crippen MR) is 411 cm³/mol. The van der Waals surface area contributed by atoms with Gasteiger partial charge in [0.1, 0.15) is 22.9 Å². The number of hydrogen-bond acceptors (Lipinski definition) is 4. The summed E-state index contributed by atoms with van der Waals surface area (Å²) >= 11 is 0. The van der Waals surface area contributed by atoms with Gasteiger partial charge in [-0.3, -0.25) is 0 Å². The van der Waals surface area contributed by atoms with Crippen LogP contribution in [0.15, 0.2) is 48.5 Å². The molecule has 5 aromatic rings. The molecule has 6 nitrogen and oxygen atoms in total. The van der Waals surface area contributed by atoms with E-state index in [-0.39, 0.29) is 29.0 Å². The van der Waals surface area contributed by atoms with Crippen LogP contribution in [-0.4, -0.2) is 22.2 Å². The SMILES string of the molecule is Cc1cc(C)c(-c2c3nc(c(O[C@H]4CC[C@@]5(C)[C@@H](CC[C@@H]6[C@@H]5CC[C@]5(C)[C@@H]([C@H](C)CCCC(C)C)CC[C@@H]65)C4)c4ccc([n-]4)c(-c4c(C)cc(C)cc4C)c4nc(c(O[C@H]5CC[C@@]6(C)[C@@H](CC[C@@H]7[C@@H]6CC[C@]6(C)[C@@H]([C@H](C)CCCC(C)C)CC[C@@H]76)C5)c5ccc2[n-]5)C=C4)C=C3)c(C)c1.[Co+2]. The summed E-state index contributed by atoms with van der Waals surface area (Å²) in [5.41, 5.74) is 20.5. The van der Waals surface area contributed by atoms with Crippen molar-refractivity contribution in [1.29, 1.82) is 0 Å². The van der Waals surface area contributed by atoms with E-state index in [9.17, 15) is 0 Å². The zero-order valence-corrected chi connectivity index (χ0v) is 65.1. The maximum atomic E-state index is 7.72. The molecule has 3 aromatic heterocycles. The first-order chi connectivity index (χ1) is 46.9. The summed E-state index contributed by atoms with van der Waals surface area (Å²) in [4.78, 5) is 23.1. The molecule has 15 rings (SSSR count). The molecule has 5 heterocycles. The van der Waals surface area contributed by atoms with Crippen molar-refractivity contribution in [3.63, 3.8) is 0 Å². The monoisotopic (exact) mass is 1380 g/mol.